The monoisotopic (exact) mass is 255 g/mol. The van der Waals surface area contributed by atoms with Gasteiger partial charge in [0, 0.05) is 23.6 Å². The minimum Gasteiger partial charge on any atom is -0.330 e. The number of anilines is 1. The lowest BCUT2D eigenvalue weighted by Gasteiger charge is -2.07. The largest absolute Gasteiger partial charge is 0.330 e. The van der Waals surface area contributed by atoms with Crippen molar-refractivity contribution in [3.8, 4) is 0 Å². The van der Waals surface area contributed by atoms with Crippen molar-refractivity contribution in [3.05, 3.63) is 59.9 Å². The van der Waals surface area contributed by atoms with E-state index in [1.165, 1.54) is 5.56 Å². The summed E-state index contributed by atoms with van der Waals surface area (Å²) < 4.78 is 0. The van der Waals surface area contributed by atoms with Crippen LogP contribution in [0, 0.1) is 0 Å². The summed E-state index contributed by atoms with van der Waals surface area (Å²) in [6.07, 6.45) is 5.08. The Hall–Kier alpha value is -2.20. The van der Waals surface area contributed by atoms with Gasteiger partial charge in [0.25, 0.3) is 5.91 Å². The number of aryl methyl sites for hydroxylation is 1. The molecule has 0 aliphatic rings. The number of benzene rings is 1. The lowest BCUT2D eigenvalue weighted by molar-refractivity contribution is 0.102. The number of nitrogens with two attached hydrogens (primary N) is 1. The molecule has 3 N–H and O–H groups in total. The van der Waals surface area contributed by atoms with Crippen molar-refractivity contribution in [2.75, 3.05) is 11.9 Å². The van der Waals surface area contributed by atoms with Crippen LogP contribution in [-0.4, -0.2) is 17.4 Å². The van der Waals surface area contributed by atoms with Crippen molar-refractivity contribution < 1.29 is 4.79 Å². The Balaban J connectivity index is 2.05. The molecule has 1 aromatic carbocycles. The van der Waals surface area contributed by atoms with E-state index in [1.54, 1.807) is 24.5 Å². The Morgan fingerprint density at radius 1 is 1.21 bits per heavy atom. The molecule has 0 unspecified atom stereocenters. The first-order valence-electron chi connectivity index (χ1n) is 6.30. The van der Waals surface area contributed by atoms with Gasteiger partial charge in [0.05, 0.1) is 0 Å². The zero-order valence-corrected chi connectivity index (χ0v) is 10.7. The van der Waals surface area contributed by atoms with Crippen LogP contribution < -0.4 is 11.1 Å². The number of nitrogens with zero attached hydrogens (tertiary/aromatic N) is 1. The lowest BCUT2D eigenvalue weighted by atomic mass is 10.1. The summed E-state index contributed by atoms with van der Waals surface area (Å²) in [6.45, 7) is 0.674. The number of rotatable bonds is 5. The van der Waals surface area contributed by atoms with E-state index in [0.29, 0.717) is 12.1 Å². The normalized spacial score (nSPS) is 10.2. The van der Waals surface area contributed by atoms with Gasteiger partial charge in [-0.3, -0.25) is 9.78 Å². The predicted octanol–water partition coefficient (Wildman–Crippen LogP) is 2.23. The van der Waals surface area contributed by atoms with E-state index in [9.17, 15) is 4.79 Å². The number of carbonyl (C=O) groups excluding carboxylic acids is 1. The molecule has 2 aromatic rings. The van der Waals surface area contributed by atoms with Crippen LogP contribution in [0.25, 0.3) is 0 Å². The molecule has 98 valence electrons. The van der Waals surface area contributed by atoms with Crippen molar-refractivity contribution in [2.45, 2.75) is 12.8 Å². The second-order valence-corrected chi connectivity index (χ2v) is 4.28. The molecule has 0 bridgehead atoms. The smallest absolute Gasteiger partial charge is 0.255 e. The van der Waals surface area contributed by atoms with Gasteiger partial charge < -0.3 is 11.1 Å². The van der Waals surface area contributed by atoms with E-state index in [0.717, 1.165) is 18.5 Å². The standard InChI is InChI=1S/C15H17N3O/c16-8-2-4-12-3-1-5-14(11-12)18-15(19)13-6-9-17-10-7-13/h1,3,5-7,9-11H,2,4,8,16H2,(H,18,19). The first kappa shape index (κ1) is 13.2. The Bertz CT molecular complexity index is 540. The molecule has 0 atom stereocenters. The molecule has 4 heteroatoms. The third-order valence-corrected chi connectivity index (χ3v) is 2.80. The van der Waals surface area contributed by atoms with Crippen LogP contribution in [0.4, 0.5) is 5.69 Å². The van der Waals surface area contributed by atoms with Crippen LogP contribution in [0.2, 0.25) is 0 Å². The molecular formula is C15H17N3O. The van der Waals surface area contributed by atoms with Gasteiger partial charge >= 0.3 is 0 Å². The molecular weight excluding hydrogens is 238 g/mol. The van der Waals surface area contributed by atoms with Crippen molar-refractivity contribution >= 4 is 11.6 Å². The maximum Gasteiger partial charge on any atom is 0.255 e. The van der Waals surface area contributed by atoms with E-state index in [1.807, 2.05) is 24.3 Å². The Kier molecular flexibility index (Phi) is 4.64. The molecule has 1 heterocycles. The van der Waals surface area contributed by atoms with Crippen molar-refractivity contribution in [2.24, 2.45) is 5.73 Å². The molecule has 0 radical (unpaired) electrons. The lowest BCUT2D eigenvalue weighted by Crippen LogP contribution is -2.12. The second-order valence-electron chi connectivity index (χ2n) is 4.28. The van der Waals surface area contributed by atoms with E-state index >= 15 is 0 Å². The van der Waals surface area contributed by atoms with E-state index in [-0.39, 0.29) is 5.91 Å². The van der Waals surface area contributed by atoms with E-state index < -0.39 is 0 Å². The fraction of sp³-hybridized carbons (Fsp3) is 0.200. The summed E-state index contributed by atoms with van der Waals surface area (Å²) in [5.74, 6) is -0.127. The summed E-state index contributed by atoms with van der Waals surface area (Å²) >= 11 is 0. The maximum atomic E-state index is 12.0. The van der Waals surface area contributed by atoms with Crippen LogP contribution in [0.5, 0.6) is 0 Å². The number of nitrogens with one attached hydrogen (secondary N) is 1. The number of pyridine rings is 1. The van der Waals surface area contributed by atoms with Crippen molar-refractivity contribution in [3.63, 3.8) is 0 Å². The molecule has 2 rings (SSSR count). The summed E-state index contributed by atoms with van der Waals surface area (Å²) in [4.78, 5) is 15.9. The van der Waals surface area contributed by atoms with E-state index in [4.69, 9.17) is 5.73 Å². The number of hydrogen-bond acceptors (Lipinski definition) is 3. The quantitative estimate of drug-likeness (QED) is 0.860. The predicted molar refractivity (Wildman–Crippen MR) is 76.0 cm³/mol. The second kappa shape index (κ2) is 6.66. The molecule has 19 heavy (non-hydrogen) atoms. The summed E-state index contributed by atoms with van der Waals surface area (Å²) in [5, 5.41) is 2.88. The zero-order valence-electron chi connectivity index (χ0n) is 10.7. The third kappa shape index (κ3) is 3.89. The van der Waals surface area contributed by atoms with Gasteiger partial charge in [0.2, 0.25) is 0 Å². The van der Waals surface area contributed by atoms with Gasteiger partial charge in [-0.2, -0.15) is 0 Å². The molecule has 0 saturated heterocycles. The molecule has 0 fully saturated rings. The summed E-state index contributed by atoms with van der Waals surface area (Å²) in [7, 11) is 0. The zero-order chi connectivity index (χ0) is 13.5. The van der Waals surface area contributed by atoms with Gasteiger partial charge in [-0.1, -0.05) is 12.1 Å². The average molecular weight is 255 g/mol. The van der Waals surface area contributed by atoms with Crippen LogP contribution in [0.15, 0.2) is 48.8 Å². The molecule has 0 aliphatic carbocycles. The Labute approximate surface area is 112 Å². The minimum atomic E-state index is -0.127. The number of hydrogen-bond donors (Lipinski definition) is 2. The fourth-order valence-corrected chi connectivity index (χ4v) is 1.82. The van der Waals surface area contributed by atoms with Gasteiger partial charge in [0.1, 0.15) is 0 Å². The number of carbonyl (C=O) groups is 1. The van der Waals surface area contributed by atoms with Gasteiger partial charge in [-0.05, 0) is 49.2 Å². The highest BCUT2D eigenvalue weighted by Crippen LogP contribution is 2.13. The topological polar surface area (TPSA) is 68.0 Å². The van der Waals surface area contributed by atoms with Gasteiger partial charge in [0.15, 0.2) is 0 Å². The van der Waals surface area contributed by atoms with Gasteiger partial charge in [-0.25, -0.2) is 0 Å². The van der Waals surface area contributed by atoms with Crippen LogP contribution >= 0.6 is 0 Å². The Morgan fingerprint density at radius 2 is 2.00 bits per heavy atom. The molecule has 0 aliphatic heterocycles. The SMILES string of the molecule is NCCCc1cccc(NC(=O)c2ccncc2)c1. The Morgan fingerprint density at radius 3 is 2.74 bits per heavy atom. The highest BCUT2D eigenvalue weighted by atomic mass is 16.1. The van der Waals surface area contributed by atoms with Crippen LogP contribution in [0.3, 0.4) is 0 Å². The molecule has 0 saturated carbocycles. The highest BCUT2D eigenvalue weighted by molar-refractivity contribution is 6.04. The number of amides is 1. The minimum absolute atomic E-state index is 0.127. The fourth-order valence-electron chi connectivity index (χ4n) is 1.82. The van der Waals surface area contributed by atoms with Crippen LogP contribution in [-0.2, 0) is 6.42 Å². The summed E-state index contributed by atoms with van der Waals surface area (Å²) in [6, 6.07) is 11.2. The van der Waals surface area contributed by atoms with Crippen molar-refractivity contribution in [1.82, 2.24) is 4.98 Å². The molecule has 0 spiro atoms. The number of aromatic nitrogens is 1. The molecule has 1 aromatic heterocycles. The first-order chi connectivity index (χ1) is 9.29. The van der Waals surface area contributed by atoms with Gasteiger partial charge in [-0.15, -0.1) is 0 Å². The first-order valence-corrected chi connectivity index (χ1v) is 6.30. The molecule has 1 amide bonds. The summed E-state index contributed by atoms with van der Waals surface area (Å²) in [5.41, 5.74) is 8.08. The highest BCUT2D eigenvalue weighted by Gasteiger charge is 2.05. The van der Waals surface area contributed by atoms with Crippen LogP contribution in [0.1, 0.15) is 22.3 Å². The van der Waals surface area contributed by atoms with E-state index in [2.05, 4.69) is 10.3 Å². The van der Waals surface area contributed by atoms with Crippen molar-refractivity contribution in [1.29, 1.82) is 0 Å². The molecule has 4 nitrogen and oxygen atoms in total. The maximum absolute atomic E-state index is 12.0. The average Bonchev–Trinajstić information content (AvgIpc) is 2.46. The third-order valence-electron chi connectivity index (χ3n) is 2.80.